The second-order valence-corrected chi connectivity index (χ2v) is 11.4. The van der Waals surface area contributed by atoms with Gasteiger partial charge < -0.3 is 0 Å². The monoisotopic (exact) mass is 500 g/mol. The van der Waals surface area contributed by atoms with Crippen LogP contribution in [0.4, 0.5) is 0 Å². The molecule has 3 heteroatoms. The molecule has 1 atom stereocenters. The number of benzene rings is 4. The Bertz CT molecular complexity index is 1570. The first-order chi connectivity index (χ1) is 18.2. The summed E-state index contributed by atoms with van der Waals surface area (Å²) in [5, 5.41) is 5.90. The zero-order valence-electron chi connectivity index (χ0n) is 23.0. The number of ketones is 1. The van der Waals surface area contributed by atoms with Crippen molar-refractivity contribution in [2.45, 2.75) is 58.9 Å². The van der Waals surface area contributed by atoms with Crippen molar-refractivity contribution in [3.8, 4) is 11.1 Å². The van der Waals surface area contributed by atoms with E-state index in [2.05, 4.69) is 100 Å². The van der Waals surface area contributed by atoms with E-state index in [1.54, 1.807) is 0 Å². The highest BCUT2D eigenvalue weighted by Gasteiger charge is 2.19. The molecule has 0 amide bonds. The van der Waals surface area contributed by atoms with Gasteiger partial charge in [-0.15, -0.1) is 0 Å². The normalized spacial score (nSPS) is 12.6. The van der Waals surface area contributed by atoms with E-state index in [0.717, 1.165) is 22.2 Å². The fourth-order valence-electron chi connectivity index (χ4n) is 5.07. The minimum atomic E-state index is 0.0862. The summed E-state index contributed by atoms with van der Waals surface area (Å²) in [7, 11) is 0. The maximum Gasteiger partial charge on any atom is 0.163 e. The number of aromatic nitrogens is 2. The molecule has 4 aromatic carbocycles. The quantitative estimate of drug-likeness (QED) is 0.209. The number of nitrogens with zero attached hydrogens (tertiary/aromatic N) is 2. The van der Waals surface area contributed by atoms with Crippen LogP contribution in [0.2, 0.25) is 0 Å². The minimum Gasteiger partial charge on any atom is -0.294 e. The van der Waals surface area contributed by atoms with Crippen LogP contribution in [0.1, 0.15) is 72.8 Å². The second-order valence-electron chi connectivity index (χ2n) is 11.4. The molecule has 192 valence electrons. The van der Waals surface area contributed by atoms with E-state index in [1.807, 2.05) is 35.9 Å². The zero-order chi connectivity index (χ0) is 26.9. The summed E-state index contributed by atoms with van der Waals surface area (Å²) in [5.41, 5.74) is 8.92. The van der Waals surface area contributed by atoms with Crippen LogP contribution in [0.15, 0.2) is 97.1 Å². The summed E-state index contributed by atoms with van der Waals surface area (Å²) >= 11 is 0. The van der Waals surface area contributed by atoms with Gasteiger partial charge in [0.2, 0.25) is 0 Å². The molecule has 0 aliphatic carbocycles. The fraction of sp³-hybridized carbons (Fsp3) is 0.257. The van der Waals surface area contributed by atoms with Crippen molar-refractivity contribution < 1.29 is 4.79 Å². The molecule has 5 rings (SSSR count). The first kappa shape index (κ1) is 25.7. The molecule has 0 aliphatic rings. The van der Waals surface area contributed by atoms with Crippen molar-refractivity contribution in [2.24, 2.45) is 0 Å². The summed E-state index contributed by atoms with van der Waals surface area (Å²) in [5.74, 6) is 0.313. The van der Waals surface area contributed by atoms with E-state index in [1.165, 1.54) is 27.8 Å². The first-order valence-corrected chi connectivity index (χ1v) is 13.4. The Hall–Kier alpha value is -3.98. The second kappa shape index (κ2) is 10.4. The lowest BCUT2D eigenvalue weighted by Gasteiger charge is -2.21. The average Bonchev–Trinajstić information content (AvgIpc) is 3.23. The molecule has 0 aliphatic heterocycles. The largest absolute Gasteiger partial charge is 0.294 e. The van der Waals surface area contributed by atoms with Crippen LogP contribution in [-0.2, 0) is 12.0 Å². The van der Waals surface area contributed by atoms with Crippen molar-refractivity contribution in [1.82, 2.24) is 9.78 Å². The molecular formula is C35H36N2O. The fourth-order valence-corrected chi connectivity index (χ4v) is 5.07. The van der Waals surface area contributed by atoms with E-state index in [4.69, 9.17) is 5.10 Å². The molecule has 0 saturated heterocycles. The Morgan fingerprint density at radius 3 is 2.26 bits per heavy atom. The maximum absolute atomic E-state index is 13.4. The minimum absolute atomic E-state index is 0.0862. The van der Waals surface area contributed by atoms with Crippen molar-refractivity contribution in [3.63, 3.8) is 0 Å². The van der Waals surface area contributed by atoms with Crippen molar-refractivity contribution in [3.05, 3.63) is 125 Å². The molecule has 0 saturated carbocycles. The molecule has 5 aromatic rings. The van der Waals surface area contributed by atoms with E-state index >= 15 is 0 Å². The van der Waals surface area contributed by atoms with Crippen LogP contribution in [0.5, 0.6) is 0 Å². The Morgan fingerprint density at radius 2 is 1.55 bits per heavy atom. The topological polar surface area (TPSA) is 34.9 Å². The van der Waals surface area contributed by atoms with Gasteiger partial charge in [0, 0.05) is 17.4 Å². The van der Waals surface area contributed by atoms with Crippen LogP contribution in [0, 0.1) is 6.92 Å². The molecule has 0 fully saturated rings. The molecule has 38 heavy (non-hydrogen) atoms. The van der Waals surface area contributed by atoms with Gasteiger partial charge >= 0.3 is 0 Å². The summed E-state index contributed by atoms with van der Waals surface area (Å²) in [6.45, 7) is 11.5. The van der Waals surface area contributed by atoms with Crippen molar-refractivity contribution >= 4 is 16.7 Å². The van der Waals surface area contributed by atoms with Crippen LogP contribution in [-0.4, -0.2) is 15.6 Å². The predicted molar refractivity (Wildman–Crippen MR) is 158 cm³/mol. The lowest BCUT2D eigenvalue weighted by Crippen LogP contribution is -2.12. The van der Waals surface area contributed by atoms with Gasteiger partial charge in [-0.1, -0.05) is 119 Å². The van der Waals surface area contributed by atoms with E-state index in [9.17, 15) is 4.79 Å². The van der Waals surface area contributed by atoms with Crippen molar-refractivity contribution in [1.29, 1.82) is 0 Å². The van der Waals surface area contributed by atoms with E-state index in [-0.39, 0.29) is 17.1 Å². The third-order valence-corrected chi connectivity index (χ3v) is 7.46. The Labute approximate surface area is 226 Å². The molecule has 0 radical (unpaired) electrons. The number of aryl methyl sites for hydroxylation is 1. The lowest BCUT2D eigenvalue weighted by molar-refractivity contribution is 0.0975. The highest BCUT2D eigenvalue weighted by atomic mass is 16.1. The summed E-state index contributed by atoms with van der Waals surface area (Å²) < 4.78 is 2.02. The van der Waals surface area contributed by atoms with Gasteiger partial charge in [0.05, 0.1) is 17.8 Å². The molecule has 1 heterocycles. The van der Waals surface area contributed by atoms with Gasteiger partial charge in [-0.3, -0.25) is 9.48 Å². The lowest BCUT2D eigenvalue weighted by atomic mass is 9.84. The molecule has 0 bridgehead atoms. The van der Waals surface area contributed by atoms with Crippen LogP contribution < -0.4 is 0 Å². The van der Waals surface area contributed by atoms with Gasteiger partial charge in [-0.2, -0.15) is 5.10 Å². The third-order valence-electron chi connectivity index (χ3n) is 7.46. The summed E-state index contributed by atoms with van der Waals surface area (Å²) in [4.78, 5) is 13.4. The predicted octanol–water partition coefficient (Wildman–Crippen LogP) is 8.73. The first-order valence-electron chi connectivity index (χ1n) is 13.4. The number of hydrogen-bond donors (Lipinski definition) is 0. The zero-order valence-corrected chi connectivity index (χ0v) is 23.0. The molecule has 0 spiro atoms. The molecule has 3 nitrogen and oxygen atoms in total. The Kier molecular flexibility index (Phi) is 7.03. The Balaban J connectivity index is 1.36. The number of carbonyl (C=O) groups is 1. The van der Waals surface area contributed by atoms with Crippen LogP contribution in [0.3, 0.4) is 0 Å². The molecule has 0 N–H and O–H groups in total. The SMILES string of the molecule is Cc1nn(Cc2ccc(-c3ccccc3)cc2)c2cc(C(=O)C[C@@H](C)c3cccc(C(C)(C)C)c3)ccc12. The number of carbonyl (C=O) groups excluding carboxylic acids is 1. The standard InChI is InChI=1S/C35H36N2O/c1-24(29-12-9-13-31(21-29)35(3,4)5)20-34(38)30-18-19-32-25(2)36-37(33(32)22-30)23-26-14-16-28(17-15-26)27-10-7-6-8-11-27/h6-19,21-22,24H,20,23H2,1-5H3/t24-/m1/s1. The summed E-state index contributed by atoms with van der Waals surface area (Å²) in [6, 6.07) is 33.7. The van der Waals surface area contributed by atoms with Gasteiger partial charge in [0.15, 0.2) is 5.78 Å². The maximum atomic E-state index is 13.4. The highest BCUT2D eigenvalue weighted by Crippen LogP contribution is 2.29. The van der Waals surface area contributed by atoms with E-state index < -0.39 is 0 Å². The number of Topliss-reactive ketones (excluding diaryl/α,β-unsaturated/α-hetero) is 1. The number of rotatable bonds is 7. The van der Waals surface area contributed by atoms with Gasteiger partial charge in [0.25, 0.3) is 0 Å². The molecule has 0 unspecified atom stereocenters. The molecular weight excluding hydrogens is 464 g/mol. The van der Waals surface area contributed by atoms with Gasteiger partial charge in [-0.05, 0) is 52.1 Å². The van der Waals surface area contributed by atoms with Gasteiger partial charge in [0.1, 0.15) is 0 Å². The van der Waals surface area contributed by atoms with Crippen molar-refractivity contribution in [2.75, 3.05) is 0 Å². The Morgan fingerprint density at radius 1 is 0.842 bits per heavy atom. The highest BCUT2D eigenvalue weighted by molar-refractivity contribution is 6.00. The third kappa shape index (κ3) is 5.47. The number of hydrogen-bond acceptors (Lipinski definition) is 2. The van der Waals surface area contributed by atoms with Crippen LogP contribution in [0.25, 0.3) is 22.0 Å². The average molecular weight is 501 g/mol. The molecule has 1 aromatic heterocycles. The van der Waals surface area contributed by atoms with Crippen LogP contribution >= 0.6 is 0 Å². The van der Waals surface area contributed by atoms with Gasteiger partial charge in [-0.25, -0.2) is 0 Å². The number of fused-ring (bicyclic) bond motifs is 1. The smallest absolute Gasteiger partial charge is 0.163 e. The summed E-state index contributed by atoms with van der Waals surface area (Å²) in [6.07, 6.45) is 0.479. The van der Waals surface area contributed by atoms with E-state index in [0.29, 0.717) is 13.0 Å².